The van der Waals surface area contributed by atoms with Gasteiger partial charge >= 0.3 is 5.97 Å². The Kier molecular flexibility index (Phi) is 5.54. The molecule has 4 rings (SSSR count). The van der Waals surface area contributed by atoms with Crippen molar-refractivity contribution in [2.75, 3.05) is 0 Å². The molecule has 0 spiro atoms. The molecule has 1 aliphatic rings. The number of rotatable bonds is 6. The van der Waals surface area contributed by atoms with Gasteiger partial charge in [-0.1, -0.05) is 53.7 Å². The highest BCUT2D eigenvalue weighted by atomic mass is 35.5. The summed E-state index contributed by atoms with van der Waals surface area (Å²) in [5.74, 6) is 0.983. The minimum Gasteiger partial charge on any atom is -0.484 e. The van der Waals surface area contributed by atoms with Gasteiger partial charge in [-0.3, -0.25) is 9.36 Å². The van der Waals surface area contributed by atoms with E-state index in [4.69, 9.17) is 21.1 Å². The number of hydrogen-bond acceptors (Lipinski definition) is 6. The number of hydrogen-bond donors (Lipinski definition) is 0. The number of cyclic esters (lactones) is 1. The Morgan fingerprint density at radius 1 is 1.18 bits per heavy atom. The molecule has 2 heterocycles. The summed E-state index contributed by atoms with van der Waals surface area (Å²) in [6.07, 6.45) is 0.567. The van der Waals surface area contributed by atoms with Crippen molar-refractivity contribution in [1.82, 2.24) is 14.8 Å². The molecule has 3 aromatic rings. The van der Waals surface area contributed by atoms with Crippen LogP contribution in [0.2, 0.25) is 5.02 Å². The molecular weight excluding hydrogens is 398 g/mol. The van der Waals surface area contributed by atoms with Gasteiger partial charge in [0.15, 0.2) is 11.0 Å². The number of carbonyl (C=O) groups excluding carboxylic acids is 1. The molecule has 144 valence electrons. The van der Waals surface area contributed by atoms with Gasteiger partial charge in [-0.15, -0.1) is 10.2 Å². The van der Waals surface area contributed by atoms with Crippen LogP contribution in [0.25, 0.3) is 5.69 Å². The van der Waals surface area contributed by atoms with Crippen LogP contribution in [-0.4, -0.2) is 32.1 Å². The highest BCUT2D eigenvalue weighted by molar-refractivity contribution is 8.00. The van der Waals surface area contributed by atoms with Gasteiger partial charge in [0, 0.05) is 12.1 Å². The second-order valence-corrected chi connectivity index (χ2v) is 7.96. The number of nitrogens with zero attached hydrogens (tertiary/aromatic N) is 3. The second-order valence-electron chi connectivity index (χ2n) is 6.38. The quantitative estimate of drug-likeness (QED) is 0.559. The van der Waals surface area contributed by atoms with Gasteiger partial charge < -0.3 is 9.47 Å². The zero-order valence-electron chi connectivity index (χ0n) is 15.1. The monoisotopic (exact) mass is 415 g/mol. The molecule has 1 fully saturated rings. The largest absolute Gasteiger partial charge is 0.484 e. The van der Waals surface area contributed by atoms with E-state index in [1.807, 2.05) is 54.0 Å². The third-order valence-corrected chi connectivity index (χ3v) is 5.74. The predicted octanol–water partition coefficient (Wildman–Crippen LogP) is 4.30. The van der Waals surface area contributed by atoms with Gasteiger partial charge in [0.2, 0.25) is 0 Å². The van der Waals surface area contributed by atoms with Crippen LogP contribution in [0.15, 0.2) is 59.8 Å². The highest BCUT2D eigenvalue weighted by Crippen LogP contribution is 2.33. The molecular formula is C20H18ClN3O3S. The smallest absolute Gasteiger partial charge is 0.319 e. The standard InChI is InChI=1S/C20H18ClN3O3S/c1-13-11-17(19(25)27-13)28-20-23-22-18(24(20)14-7-3-2-4-8-14)12-26-16-10-6-5-9-15(16)21/h2-10,13,17H,11-12H2,1H3. The highest BCUT2D eigenvalue weighted by Gasteiger charge is 2.34. The molecule has 1 aromatic heterocycles. The average molecular weight is 416 g/mol. The number of ether oxygens (including phenoxy) is 2. The van der Waals surface area contributed by atoms with Crippen molar-refractivity contribution in [2.45, 2.75) is 36.5 Å². The zero-order valence-corrected chi connectivity index (χ0v) is 16.7. The first-order valence-electron chi connectivity index (χ1n) is 8.86. The number of carbonyl (C=O) groups is 1. The third kappa shape index (κ3) is 4.00. The molecule has 1 aliphatic heterocycles. The molecule has 0 aliphatic carbocycles. The van der Waals surface area contributed by atoms with E-state index in [9.17, 15) is 4.79 Å². The Balaban J connectivity index is 1.62. The first kappa shape index (κ1) is 18.8. The van der Waals surface area contributed by atoms with Gasteiger partial charge in [0.25, 0.3) is 0 Å². The minimum atomic E-state index is -0.293. The minimum absolute atomic E-state index is 0.0823. The third-order valence-electron chi connectivity index (χ3n) is 4.28. The summed E-state index contributed by atoms with van der Waals surface area (Å²) in [5.41, 5.74) is 0.896. The summed E-state index contributed by atoms with van der Waals surface area (Å²) in [5, 5.41) is 9.47. The first-order chi connectivity index (χ1) is 13.6. The fraction of sp³-hybridized carbons (Fsp3) is 0.250. The zero-order chi connectivity index (χ0) is 19.5. The Morgan fingerprint density at radius 3 is 2.64 bits per heavy atom. The van der Waals surface area contributed by atoms with Crippen molar-refractivity contribution >= 4 is 29.3 Å². The molecule has 0 N–H and O–H groups in total. The summed E-state index contributed by atoms with van der Waals surface area (Å²) in [7, 11) is 0. The lowest BCUT2D eigenvalue weighted by atomic mass is 10.3. The van der Waals surface area contributed by atoms with Crippen LogP contribution in [-0.2, 0) is 16.1 Å². The number of thioether (sulfide) groups is 1. The van der Waals surface area contributed by atoms with E-state index in [0.29, 0.717) is 28.2 Å². The Bertz CT molecular complexity index is 980. The lowest BCUT2D eigenvalue weighted by Gasteiger charge is -2.12. The van der Waals surface area contributed by atoms with Crippen molar-refractivity contribution in [3.8, 4) is 11.4 Å². The van der Waals surface area contributed by atoms with Crippen molar-refractivity contribution in [2.24, 2.45) is 0 Å². The predicted molar refractivity (Wildman–Crippen MR) is 107 cm³/mol. The summed E-state index contributed by atoms with van der Waals surface area (Å²) < 4.78 is 13.0. The van der Waals surface area contributed by atoms with E-state index in [-0.39, 0.29) is 23.9 Å². The van der Waals surface area contributed by atoms with Crippen molar-refractivity contribution in [3.05, 3.63) is 65.4 Å². The molecule has 0 bridgehead atoms. The lowest BCUT2D eigenvalue weighted by Crippen LogP contribution is -2.12. The maximum Gasteiger partial charge on any atom is 0.319 e. The molecule has 28 heavy (non-hydrogen) atoms. The Labute approximate surface area is 171 Å². The summed E-state index contributed by atoms with van der Waals surface area (Å²) >= 11 is 7.54. The molecule has 6 nitrogen and oxygen atoms in total. The number of halogens is 1. The van der Waals surface area contributed by atoms with Gasteiger partial charge in [0.05, 0.1) is 5.02 Å². The fourth-order valence-corrected chi connectivity index (χ4v) is 4.32. The molecule has 0 saturated carbocycles. The Hall–Kier alpha value is -2.51. The van der Waals surface area contributed by atoms with Gasteiger partial charge in [0.1, 0.15) is 23.7 Å². The van der Waals surface area contributed by atoms with Crippen LogP contribution in [0, 0.1) is 0 Å². The van der Waals surface area contributed by atoms with Crippen molar-refractivity contribution < 1.29 is 14.3 Å². The van der Waals surface area contributed by atoms with E-state index in [2.05, 4.69) is 10.2 Å². The van der Waals surface area contributed by atoms with Crippen LogP contribution in [0.4, 0.5) is 0 Å². The van der Waals surface area contributed by atoms with Gasteiger partial charge in [-0.05, 0) is 31.2 Å². The van der Waals surface area contributed by atoms with E-state index in [1.165, 1.54) is 11.8 Å². The Morgan fingerprint density at radius 2 is 1.93 bits per heavy atom. The molecule has 2 aromatic carbocycles. The topological polar surface area (TPSA) is 66.2 Å². The summed E-state index contributed by atoms with van der Waals surface area (Å²) in [6, 6.07) is 17.0. The average Bonchev–Trinajstić information content (AvgIpc) is 3.24. The number of para-hydroxylation sites is 2. The van der Waals surface area contributed by atoms with Gasteiger partial charge in [-0.2, -0.15) is 0 Å². The van der Waals surface area contributed by atoms with E-state index in [0.717, 1.165) is 5.69 Å². The SMILES string of the molecule is CC1CC(Sc2nnc(COc3ccccc3Cl)n2-c2ccccc2)C(=O)O1. The molecule has 0 amide bonds. The molecule has 8 heteroatoms. The van der Waals surface area contributed by atoms with Crippen LogP contribution < -0.4 is 4.74 Å². The first-order valence-corrected chi connectivity index (χ1v) is 10.1. The second kappa shape index (κ2) is 8.24. The van der Waals surface area contributed by atoms with E-state index < -0.39 is 0 Å². The fourth-order valence-electron chi connectivity index (χ4n) is 2.95. The maximum atomic E-state index is 12.1. The van der Waals surface area contributed by atoms with Crippen LogP contribution in [0.1, 0.15) is 19.2 Å². The van der Waals surface area contributed by atoms with E-state index >= 15 is 0 Å². The van der Waals surface area contributed by atoms with Crippen molar-refractivity contribution in [1.29, 1.82) is 0 Å². The van der Waals surface area contributed by atoms with E-state index in [1.54, 1.807) is 12.1 Å². The number of aromatic nitrogens is 3. The molecule has 1 saturated heterocycles. The molecule has 2 unspecified atom stereocenters. The van der Waals surface area contributed by atoms with Gasteiger partial charge in [-0.25, -0.2) is 0 Å². The molecule has 2 atom stereocenters. The normalized spacial score (nSPS) is 18.9. The lowest BCUT2D eigenvalue weighted by molar-refractivity contribution is -0.140. The van der Waals surface area contributed by atoms with Crippen LogP contribution in [0.3, 0.4) is 0 Å². The maximum absolute atomic E-state index is 12.1. The molecule has 0 radical (unpaired) electrons. The number of esters is 1. The van der Waals surface area contributed by atoms with Crippen LogP contribution >= 0.6 is 23.4 Å². The summed E-state index contributed by atoms with van der Waals surface area (Å²) in [6.45, 7) is 2.08. The summed E-state index contributed by atoms with van der Waals surface area (Å²) in [4.78, 5) is 12.1. The number of benzene rings is 2. The van der Waals surface area contributed by atoms with Crippen molar-refractivity contribution in [3.63, 3.8) is 0 Å². The van der Waals surface area contributed by atoms with Crippen LogP contribution in [0.5, 0.6) is 5.75 Å².